The summed E-state index contributed by atoms with van der Waals surface area (Å²) in [5.41, 5.74) is 6.04. The molecular formula is C18H22O. The highest BCUT2D eigenvalue weighted by Gasteiger charge is 2.23. The molecule has 2 aromatic rings. The van der Waals surface area contributed by atoms with Gasteiger partial charge in [-0.2, -0.15) is 0 Å². The Morgan fingerprint density at radius 3 is 1.79 bits per heavy atom. The summed E-state index contributed by atoms with van der Waals surface area (Å²) < 4.78 is 0. The highest BCUT2D eigenvalue weighted by Crippen LogP contribution is 2.34. The molecular weight excluding hydrogens is 232 g/mol. The Balaban J connectivity index is 2.51. The Bertz CT molecular complexity index is 556. The van der Waals surface area contributed by atoms with E-state index in [1.165, 1.54) is 22.3 Å². The zero-order chi connectivity index (χ0) is 14.2. The van der Waals surface area contributed by atoms with Crippen LogP contribution in [0.25, 0.3) is 0 Å². The third-order valence-corrected chi connectivity index (χ3v) is 4.15. The van der Waals surface area contributed by atoms with E-state index >= 15 is 0 Å². The van der Waals surface area contributed by atoms with Crippen LogP contribution in [0.1, 0.15) is 41.7 Å². The highest BCUT2D eigenvalue weighted by atomic mass is 16.3. The van der Waals surface area contributed by atoms with Gasteiger partial charge in [0.1, 0.15) is 5.75 Å². The maximum Gasteiger partial charge on any atom is 0.118 e. The molecule has 0 aliphatic carbocycles. The lowest BCUT2D eigenvalue weighted by atomic mass is 9.77. The highest BCUT2D eigenvalue weighted by molar-refractivity contribution is 5.45. The summed E-state index contributed by atoms with van der Waals surface area (Å²) in [5, 5.41) is 9.66. The van der Waals surface area contributed by atoms with Crippen LogP contribution in [0.2, 0.25) is 0 Å². The van der Waals surface area contributed by atoms with Gasteiger partial charge in [-0.15, -0.1) is 0 Å². The minimum Gasteiger partial charge on any atom is -0.508 e. The fourth-order valence-electron chi connectivity index (χ4n) is 2.34. The molecule has 2 aromatic carbocycles. The van der Waals surface area contributed by atoms with Gasteiger partial charge in [0.05, 0.1) is 0 Å². The lowest BCUT2D eigenvalue weighted by Crippen LogP contribution is -2.19. The number of phenols is 1. The Kier molecular flexibility index (Phi) is 3.40. The van der Waals surface area contributed by atoms with Crippen LogP contribution < -0.4 is 0 Å². The number of aryl methyl sites for hydroxylation is 3. The van der Waals surface area contributed by atoms with Crippen LogP contribution in [0.5, 0.6) is 5.75 Å². The molecule has 0 fully saturated rings. The Hall–Kier alpha value is -1.76. The summed E-state index contributed by atoms with van der Waals surface area (Å²) >= 11 is 0. The van der Waals surface area contributed by atoms with Crippen LogP contribution in [0.15, 0.2) is 36.4 Å². The van der Waals surface area contributed by atoms with E-state index in [0.29, 0.717) is 5.75 Å². The monoisotopic (exact) mass is 254 g/mol. The van der Waals surface area contributed by atoms with E-state index < -0.39 is 0 Å². The van der Waals surface area contributed by atoms with Crippen molar-refractivity contribution < 1.29 is 5.11 Å². The molecule has 0 amide bonds. The van der Waals surface area contributed by atoms with Crippen molar-refractivity contribution in [2.75, 3.05) is 0 Å². The molecule has 0 aliphatic rings. The molecule has 0 saturated carbocycles. The van der Waals surface area contributed by atoms with Crippen molar-refractivity contribution in [3.05, 3.63) is 64.2 Å². The van der Waals surface area contributed by atoms with Gasteiger partial charge in [-0.05, 0) is 54.7 Å². The van der Waals surface area contributed by atoms with Gasteiger partial charge >= 0.3 is 0 Å². The SMILES string of the molecule is Cc1ccc(C(C)(C)c2ccc(O)c(C)c2)cc1C. The third kappa shape index (κ3) is 2.51. The first-order valence-electron chi connectivity index (χ1n) is 6.70. The molecule has 0 aromatic heterocycles. The largest absolute Gasteiger partial charge is 0.508 e. The molecule has 0 saturated heterocycles. The summed E-state index contributed by atoms with van der Waals surface area (Å²) in [5.74, 6) is 0.361. The molecule has 0 aliphatic heterocycles. The van der Waals surface area contributed by atoms with Crippen LogP contribution in [-0.4, -0.2) is 5.11 Å². The number of benzene rings is 2. The Labute approximate surface area is 115 Å². The fraction of sp³-hybridized carbons (Fsp3) is 0.333. The van der Waals surface area contributed by atoms with Gasteiger partial charge in [0.15, 0.2) is 0 Å². The first-order valence-corrected chi connectivity index (χ1v) is 6.70. The summed E-state index contributed by atoms with van der Waals surface area (Å²) in [6.45, 7) is 10.7. The molecule has 0 heterocycles. The zero-order valence-corrected chi connectivity index (χ0v) is 12.4. The number of aromatic hydroxyl groups is 1. The molecule has 0 unspecified atom stereocenters. The summed E-state index contributed by atoms with van der Waals surface area (Å²) in [7, 11) is 0. The first-order chi connectivity index (χ1) is 8.82. The zero-order valence-electron chi connectivity index (χ0n) is 12.4. The predicted octanol–water partition coefficient (Wildman–Crippen LogP) is 4.64. The molecule has 1 heteroatoms. The van der Waals surface area contributed by atoms with Crippen molar-refractivity contribution in [3.63, 3.8) is 0 Å². The van der Waals surface area contributed by atoms with Gasteiger partial charge in [-0.25, -0.2) is 0 Å². The van der Waals surface area contributed by atoms with E-state index in [1.54, 1.807) is 6.07 Å². The van der Waals surface area contributed by atoms with Crippen LogP contribution in [0.3, 0.4) is 0 Å². The molecule has 0 atom stereocenters. The van der Waals surface area contributed by atoms with Gasteiger partial charge in [-0.1, -0.05) is 44.2 Å². The van der Waals surface area contributed by atoms with Gasteiger partial charge in [0.25, 0.3) is 0 Å². The number of hydrogen-bond donors (Lipinski definition) is 1. The van der Waals surface area contributed by atoms with Gasteiger partial charge in [-0.3, -0.25) is 0 Å². The molecule has 2 rings (SSSR count). The third-order valence-electron chi connectivity index (χ3n) is 4.15. The van der Waals surface area contributed by atoms with E-state index in [0.717, 1.165) is 5.56 Å². The number of rotatable bonds is 2. The van der Waals surface area contributed by atoms with E-state index in [-0.39, 0.29) is 5.41 Å². The molecule has 0 bridgehead atoms. The molecule has 100 valence electrons. The van der Waals surface area contributed by atoms with Crippen molar-refractivity contribution in [2.24, 2.45) is 0 Å². The summed E-state index contributed by atoms with van der Waals surface area (Å²) in [6.07, 6.45) is 0. The van der Waals surface area contributed by atoms with Crippen molar-refractivity contribution in [1.29, 1.82) is 0 Å². The van der Waals surface area contributed by atoms with Gasteiger partial charge in [0.2, 0.25) is 0 Å². The van der Waals surface area contributed by atoms with Crippen LogP contribution in [0, 0.1) is 20.8 Å². The molecule has 1 nitrogen and oxygen atoms in total. The number of phenolic OH excluding ortho intramolecular Hbond substituents is 1. The number of hydrogen-bond acceptors (Lipinski definition) is 1. The van der Waals surface area contributed by atoms with E-state index in [4.69, 9.17) is 0 Å². The Morgan fingerprint density at radius 2 is 1.26 bits per heavy atom. The minimum atomic E-state index is -0.0586. The van der Waals surface area contributed by atoms with Crippen LogP contribution in [-0.2, 0) is 5.41 Å². The van der Waals surface area contributed by atoms with Gasteiger partial charge in [0, 0.05) is 5.41 Å². The summed E-state index contributed by atoms with van der Waals surface area (Å²) in [6, 6.07) is 12.5. The average Bonchev–Trinajstić information content (AvgIpc) is 2.35. The molecule has 19 heavy (non-hydrogen) atoms. The average molecular weight is 254 g/mol. The van der Waals surface area contributed by atoms with E-state index in [9.17, 15) is 5.11 Å². The molecule has 0 radical (unpaired) electrons. The fourth-order valence-corrected chi connectivity index (χ4v) is 2.34. The van der Waals surface area contributed by atoms with Gasteiger partial charge < -0.3 is 5.11 Å². The minimum absolute atomic E-state index is 0.0586. The van der Waals surface area contributed by atoms with Crippen LogP contribution in [0.4, 0.5) is 0 Å². The van der Waals surface area contributed by atoms with Crippen molar-refractivity contribution in [2.45, 2.75) is 40.0 Å². The maximum absolute atomic E-state index is 9.66. The topological polar surface area (TPSA) is 20.2 Å². The van der Waals surface area contributed by atoms with Crippen molar-refractivity contribution in [3.8, 4) is 5.75 Å². The lowest BCUT2D eigenvalue weighted by molar-refractivity contribution is 0.470. The Morgan fingerprint density at radius 1 is 0.737 bits per heavy atom. The van der Waals surface area contributed by atoms with Crippen LogP contribution >= 0.6 is 0 Å². The molecule has 0 spiro atoms. The smallest absolute Gasteiger partial charge is 0.118 e. The van der Waals surface area contributed by atoms with Crippen molar-refractivity contribution >= 4 is 0 Å². The second kappa shape index (κ2) is 4.73. The second-order valence-electron chi connectivity index (χ2n) is 5.93. The van der Waals surface area contributed by atoms with E-state index in [2.05, 4.69) is 52.0 Å². The first kappa shape index (κ1) is 13.7. The lowest BCUT2D eigenvalue weighted by Gasteiger charge is -2.27. The standard InChI is InChI=1S/C18H22O/c1-12-6-7-15(10-13(12)2)18(4,5)16-8-9-17(19)14(3)11-16/h6-11,19H,1-5H3. The maximum atomic E-state index is 9.66. The van der Waals surface area contributed by atoms with E-state index in [1.807, 2.05) is 13.0 Å². The van der Waals surface area contributed by atoms with Crippen molar-refractivity contribution in [1.82, 2.24) is 0 Å². The normalized spacial score (nSPS) is 11.6. The molecule has 1 N–H and O–H groups in total. The quantitative estimate of drug-likeness (QED) is 0.827. The predicted molar refractivity (Wildman–Crippen MR) is 80.9 cm³/mol. The second-order valence-corrected chi connectivity index (χ2v) is 5.93. The summed E-state index contributed by atoms with van der Waals surface area (Å²) in [4.78, 5) is 0.